The van der Waals surface area contributed by atoms with Crippen LogP contribution in [0.1, 0.15) is 23.2 Å². The third-order valence-corrected chi connectivity index (χ3v) is 3.14. The molecule has 0 saturated carbocycles. The predicted molar refractivity (Wildman–Crippen MR) is 85.8 cm³/mol. The number of nitrogens with zero attached hydrogens (tertiary/aromatic N) is 2. The largest absolute Gasteiger partial charge is 0.471 e. The summed E-state index contributed by atoms with van der Waals surface area (Å²) in [6.45, 7) is 6.02. The van der Waals surface area contributed by atoms with Crippen LogP contribution in [0, 0.1) is 0 Å². The van der Waals surface area contributed by atoms with Gasteiger partial charge in [-0.25, -0.2) is 5.48 Å². The average molecular weight is 370 g/mol. The van der Waals surface area contributed by atoms with E-state index in [2.05, 4.69) is 32.0 Å². The minimum absolute atomic E-state index is 0.207. The summed E-state index contributed by atoms with van der Waals surface area (Å²) in [5, 5.41) is 6.04. The number of hydrogen-bond donors (Lipinski definition) is 2. The second-order valence-electron chi connectivity index (χ2n) is 5.32. The van der Waals surface area contributed by atoms with E-state index in [-0.39, 0.29) is 17.8 Å². The van der Waals surface area contributed by atoms with Crippen LogP contribution in [0.4, 0.5) is 13.2 Å². The second kappa shape index (κ2) is 8.59. The number of hydrogen-bond acceptors (Lipinski definition) is 6. The SMILES string of the molecule is C=CCONCC(C)NC(=O)c1ccc(-c2noc(C(F)(F)F)n2)cc1. The normalized spacial score (nSPS) is 12.6. The molecule has 1 atom stereocenters. The van der Waals surface area contributed by atoms with E-state index in [1.54, 1.807) is 13.0 Å². The molecule has 7 nitrogen and oxygen atoms in total. The Hall–Kier alpha value is -2.72. The average Bonchev–Trinajstić information content (AvgIpc) is 3.09. The van der Waals surface area contributed by atoms with Gasteiger partial charge in [0, 0.05) is 23.7 Å². The lowest BCUT2D eigenvalue weighted by Gasteiger charge is -2.14. The summed E-state index contributed by atoms with van der Waals surface area (Å²) in [5.74, 6) is -1.96. The molecule has 0 aliphatic heterocycles. The summed E-state index contributed by atoms with van der Waals surface area (Å²) in [7, 11) is 0. The highest BCUT2D eigenvalue weighted by Crippen LogP contribution is 2.29. The number of amides is 1. The Morgan fingerprint density at radius 2 is 2.08 bits per heavy atom. The van der Waals surface area contributed by atoms with Gasteiger partial charge in [-0.3, -0.25) is 9.63 Å². The molecule has 0 spiro atoms. The molecule has 26 heavy (non-hydrogen) atoms. The van der Waals surface area contributed by atoms with E-state index < -0.39 is 12.1 Å². The van der Waals surface area contributed by atoms with Crippen molar-refractivity contribution in [1.82, 2.24) is 20.9 Å². The maximum Gasteiger partial charge on any atom is 0.471 e. The fourth-order valence-corrected chi connectivity index (χ4v) is 1.89. The second-order valence-corrected chi connectivity index (χ2v) is 5.32. The standard InChI is InChI=1S/C16H17F3N4O3/c1-3-8-25-20-9-10(2)21-14(24)12-6-4-11(5-7-12)13-22-15(26-23-13)16(17,18)19/h3-7,10,20H,1,8-9H2,2H3,(H,21,24). The Kier molecular flexibility index (Phi) is 6.47. The zero-order valence-corrected chi connectivity index (χ0v) is 13.8. The van der Waals surface area contributed by atoms with E-state index in [0.29, 0.717) is 24.3 Å². The number of rotatable bonds is 8. The molecular weight excluding hydrogens is 353 g/mol. The molecule has 10 heteroatoms. The number of aromatic nitrogens is 2. The Morgan fingerprint density at radius 3 is 2.65 bits per heavy atom. The van der Waals surface area contributed by atoms with Crippen molar-refractivity contribution < 1.29 is 27.3 Å². The van der Waals surface area contributed by atoms with E-state index in [1.807, 2.05) is 0 Å². The molecule has 0 aliphatic carbocycles. The molecule has 1 heterocycles. The van der Waals surface area contributed by atoms with Crippen LogP contribution in [0.5, 0.6) is 0 Å². The van der Waals surface area contributed by atoms with Gasteiger partial charge in [-0.15, -0.1) is 6.58 Å². The molecule has 2 N–H and O–H groups in total. The lowest BCUT2D eigenvalue weighted by Crippen LogP contribution is -2.40. The highest BCUT2D eigenvalue weighted by molar-refractivity contribution is 5.94. The number of carbonyl (C=O) groups is 1. The minimum Gasteiger partial charge on any atom is -0.348 e. The topological polar surface area (TPSA) is 89.3 Å². The highest BCUT2D eigenvalue weighted by Gasteiger charge is 2.38. The molecule has 2 aromatic rings. The Balaban J connectivity index is 1.95. The molecular formula is C16H17F3N4O3. The quantitative estimate of drug-likeness (QED) is 0.422. The van der Waals surface area contributed by atoms with Gasteiger partial charge >= 0.3 is 12.1 Å². The van der Waals surface area contributed by atoms with Gasteiger partial charge in [-0.2, -0.15) is 18.2 Å². The van der Waals surface area contributed by atoms with Gasteiger partial charge < -0.3 is 9.84 Å². The molecule has 1 aromatic carbocycles. The maximum absolute atomic E-state index is 12.5. The van der Waals surface area contributed by atoms with Crippen LogP contribution < -0.4 is 10.8 Å². The molecule has 0 saturated heterocycles. The van der Waals surface area contributed by atoms with Crippen molar-refractivity contribution in [3.05, 3.63) is 48.4 Å². The Bertz CT molecular complexity index is 744. The van der Waals surface area contributed by atoms with Crippen LogP contribution in [0.15, 0.2) is 41.4 Å². The number of carbonyl (C=O) groups excluding carboxylic acids is 1. The zero-order valence-electron chi connectivity index (χ0n) is 13.8. The first-order valence-corrected chi connectivity index (χ1v) is 7.59. The highest BCUT2D eigenvalue weighted by atomic mass is 19.4. The van der Waals surface area contributed by atoms with E-state index >= 15 is 0 Å². The predicted octanol–water partition coefficient (Wildman–Crippen LogP) is 2.58. The van der Waals surface area contributed by atoms with Crippen molar-refractivity contribution in [2.75, 3.05) is 13.2 Å². The number of alkyl halides is 3. The number of nitrogens with one attached hydrogen (secondary N) is 2. The van der Waals surface area contributed by atoms with Gasteiger partial charge in [0.1, 0.15) is 0 Å². The van der Waals surface area contributed by atoms with Gasteiger partial charge in [0.2, 0.25) is 5.82 Å². The summed E-state index contributed by atoms with van der Waals surface area (Å²) >= 11 is 0. The van der Waals surface area contributed by atoms with Crippen molar-refractivity contribution in [3.63, 3.8) is 0 Å². The van der Waals surface area contributed by atoms with Gasteiger partial charge in [0.25, 0.3) is 5.91 Å². The van der Waals surface area contributed by atoms with Gasteiger partial charge in [0.15, 0.2) is 0 Å². The lowest BCUT2D eigenvalue weighted by molar-refractivity contribution is -0.159. The van der Waals surface area contributed by atoms with E-state index in [1.165, 1.54) is 24.3 Å². The van der Waals surface area contributed by atoms with Crippen LogP contribution in [0.3, 0.4) is 0 Å². The first-order valence-electron chi connectivity index (χ1n) is 7.59. The first-order chi connectivity index (χ1) is 12.3. The summed E-state index contributed by atoms with van der Waals surface area (Å²) in [5.41, 5.74) is 3.32. The smallest absolute Gasteiger partial charge is 0.348 e. The number of benzene rings is 1. The van der Waals surface area contributed by atoms with Crippen LogP contribution in [0.25, 0.3) is 11.4 Å². The Labute approximate surface area is 147 Å². The fourth-order valence-electron chi connectivity index (χ4n) is 1.89. The first kappa shape index (κ1) is 19.6. The van der Waals surface area contributed by atoms with Gasteiger partial charge in [-0.1, -0.05) is 23.4 Å². The van der Waals surface area contributed by atoms with E-state index in [0.717, 1.165) is 0 Å². The van der Waals surface area contributed by atoms with Crippen LogP contribution in [-0.2, 0) is 11.0 Å². The van der Waals surface area contributed by atoms with E-state index in [9.17, 15) is 18.0 Å². The summed E-state index contributed by atoms with van der Waals surface area (Å²) in [6.07, 6.45) is -3.12. The van der Waals surface area contributed by atoms with Gasteiger partial charge in [0.05, 0.1) is 6.61 Å². The monoisotopic (exact) mass is 370 g/mol. The van der Waals surface area contributed by atoms with Gasteiger partial charge in [-0.05, 0) is 19.1 Å². The van der Waals surface area contributed by atoms with Crippen LogP contribution >= 0.6 is 0 Å². The molecule has 0 radical (unpaired) electrons. The maximum atomic E-state index is 12.5. The van der Waals surface area contributed by atoms with Crippen molar-refractivity contribution in [2.24, 2.45) is 0 Å². The Morgan fingerprint density at radius 1 is 1.38 bits per heavy atom. The molecule has 0 aliphatic rings. The van der Waals surface area contributed by atoms with Crippen molar-refractivity contribution in [2.45, 2.75) is 19.1 Å². The molecule has 0 fully saturated rings. The molecule has 1 aromatic heterocycles. The number of hydroxylamine groups is 1. The number of halogens is 3. The van der Waals surface area contributed by atoms with Crippen molar-refractivity contribution in [3.8, 4) is 11.4 Å². The molecule has 0 bridgehead atoms. The van der Waals surface area contributed by atoms with Crippen LogP contribution in [0.2, 0.25) is 0 Å². The van der Waals surface area contributed by atoms with Crippen molar-refractivity contribution >= 4 is 5.91 Å². The van der Waals surface area contributed by atoms with Crippen LogP contribution in [-0.4, -0.2) is 35.2 Å². The molecule has 1 amide bonds. The lowest BCUT2D eigenvalue weighted by atomic mass is 10.1. The fraction of sp³-hybridized carbons (Fsp3) is 0.312. The third-order valence-electron chi connectivity index (χ3n) is 3.14. The van der Waals surface area contributed by atoms with Crippen molar-refractivity contribution in [1.29, 1.82) is 0 Å². The summed E-state index contributed by atoms with van der Waals surface area (Å²) in [4.78, 5) is 20.4. The molecule has 1 unspecified atom stereocenters. The summed E-state index contributed by atoms with van der Waals surface area (Å²) < 4.78 is 41.6. The summed E-state index contributed by atoms with van der Waals surface area (Å²) in [6, 6.07) is 5.59. The minimum atomic E-state index is -4.70. The van der Waals surface area contributed by atoms with E-state index in [4.69, 9.17) is 4.84 Å². The molecule has 2 rings (SSSR count). The zero-order chi connectivity index (χ0) is 19.2. The molecule has 140 valence electrons. The third kappa shape index (κ3) is 5.39.